The largest absolute Gasteiger partial charge is 0.497 e. The van der Waals surface area contributed by atoms with E-state index in [2.05, 4.69) is 32.3 Å². The number of para-hydroxylation sites is 1. The fourth-order valence-electron chi connectivity index (χ4n) is 3.05. The molecule has 0 saturated carbocycles. The van der Waals surface area contributed by atoms with Gasteiger partial charge in [-0.15, -0.1) is 0 Å². The van der Waals surface area contributed by atoms with Crippen LogP contribution in [0.5, 0.6) is 5.75 Å². The second-order valence-electron chi connectivity index (χ2n) is 5.98. The van der Waals surface area contributed by atoms with Gasteiger partial charge in [0.25, 0.3) is 5.91 Å². The van der Waals surface area contributed by atoms with Crippen LogP contribution in [0.2, 0.25) is 0 Å². The van der Waals surface area contributed by atoms with E-state index in [9.17, 15) is 4.79 Å². The Labute approximate surface area is 151 Å². The number of rotatable bonds is 4. The molecule has 4 rings (SSSR count). The maximum Gasteiger partial charge on any atom is 0.275 e. The molecule has 1 aliphatic rings. The van der Waals surface area contributed by atoms with Gasteiger partial charge in [-0.05, 0) is 30.2 Å². The fraction of sp³-hybridized carbons (Fsp3) is 0.150. The lowest BCUT2D eigenvalue weighted by atomic mass is 10.2. The first-order valence-electron chi connectivity index (χ1n) is 8.37. The number of benzene rings is 2. The number of hydrogen-bond donors (Lipinski definition) is 1. The highest BCUT2D eigenvalue weighted by molar-refractivity contribution is 6.02. The van der Waals surface area contributed by atoms with Gasteiger partial charge < -0.3 is 15.0 Å². The molecule has 1 N–H and O–H groups in total. The van der Waals surface area contributed by atoms with Crippen LogP contribution in [0.4, 0.5) is 17.2 Å². The molecule has 0 fully saturated rings. The number of carbonyl (C=O) groups is 1. The summed E-state index contributed by atoms with van der Waals surface area (Å²) in [5.74, 6) is 1.11. The Morgan fingerprint density at radius 1 is 1.12 bits per heavy atom. The average molecular weight is 346 g/mol. The molecule has 0 aliphatic carbocycles. The minimum atomic E-state index is -0.306. The van der Waals surface area contributed by atoms with Crippen LogP contribution < -0.4 is 15.0 Å². The molecule has 1 aliphatic heterocycles. The van der Waals surface area contributed by atoms with Gasteiger partial charge in [-0.2, -0.15) is 0 Å². The van der Waals surface area contributed by atoms with Gasteiger partial charge in [-0.1, -0.05) is 24.3 Å². The third-order valence-corrected chi connectivity index (χ3v) is 4.36. The Morgan fingerprint density at radius 3 is 2.81 bits per heavy atom. The quantitative estimate of drug-likeness (QED) is 0.784. The van der Waals surface area contributed by atoms with Crippen molar-refractivity contribution in [2.24, 2.45) is 0 Å². The van der Waals surface area contributed by atoms with Crippen LogP contribution in [0.1, 0.15) is 16.1 Å². The van der Waals surface area contributed by atoms with Crippen molar-refractivity contribution < 1.29 is 9.53 Å². The molecule has 6 heteroatoms. The van der Waals surface area contributed by atoms with Gasteiger partial charge in [0.05, 0.1) is 19.5 Å². The van der Waals surface area contributed by atoms with E-state index in [-0.39, 0.29) is 11.6 Å². The Morgan fingerprint density at radius 2 is 2.00 bits per heavy atom. The van der Waals surface area contributed by atoms with Crippen molar-refractivity contribution in [2.45, 2.75) is 6.42 Å². The van der Waals surface area contributed by atoms with E-state index < -0.39 is 0 Å². The van der Waals surface area contributed by atoms with Gasteiger partial charge in [0.2, 0.25) is 0 Å². The van der Waals surface area contributed by atoms with Crippen LogP contribution in [0, 0.1) is 0 Å². The smallest absolute Gasteiger partial charge is 0.275 e. The summed E-state index contributed by atoms with van der Waals surface area (Å²) in [6, 6.07) is 15.4. The van der Waals surface area contributed by atoms with E-state index in [1.165, 1.54) is 11.8 Å². The molecule has 26 heavy (non-hydrogen) atoms. The van der Waals surface area contributed by atoms with E-state index in [1.54, 1.807) is 25.4 Å². The standard InChI is InChI=1S/C20H18N4O2/c1-26-16-7-4-6-15(11-16)23-20(25)17-12-22-19(13-21-17)24-10-9-14-5-2-3-8-18(14)24/h2-8,11-13H,9-10H2,1H3,(H,23,25). The van der Waals surface area contributed by atoms with Gasteiger partial charge in [-0.25, -0.2) is 9.97 Å². The Bertz CT molecular complexity index is 941. The predicted octanol–water partition coefficient (Wildman–Crippen LogP) is 3.43. The monoisotopic (exact) mass is 346 g/mol. The molecule has 0 saturated heterocycles. The molecule has 1 amide bonds. The van der Waals surface area contributed by atoms with Crippen molar-refractivity contribution in [2.75, 3.05) is 23.9 Å². The van der Waals surface area contributed by atoms with Crippen LogP contribution in [0.25, 0.3) is 0 Å². The number of anilines is 3. The normalized spacial score (nSPS) is 12.6. The highest BCUT2D eigenvalue weighted by atomic mass is 16.5. The summed E-state index contributed by atoms with van der Waals surface area (Å²) in [7, 11) is 1.58. The summed E-state index contributed by atoms with van der Waals surface area (Å²) in [5, 5.41) is 2.80. The number of nitrogens with zero attached hydrogens (tertiary/aromatic N) is 3. The Hall–Kier alpha value is -3.41. The van der Waals surface area contributed by atoms with Crippen molar-refractivity contribution in [3.05, 3.63) is 72.2 Å². The molecule has 2 aromatic carbocycles. The Kier molecular flexibility index (Phi) is 4.23. The molecule has 0 bridgehead atoms. The zero-order valence-corrected chi connectivity index (χ0v) is 14.3. The molecule has 1 aromatic heterocycles. The molecule has 2 heterocycles. The number of aromatic nitrogens is 2. The lowest BCUT2D eigenvalue weighted by Gasteiger charge is -2.17. The van der Waals surface area contributed by atoms with Gasteiger partial charge >= 0.3 is 0 Å². The first kappa shape index (κ1) is 16.1. The number of ether oxygens (including phenoxy) is 1. The second kappa shape index (κ2) is 6.84. The number of nitrogens with one attached hydrogen (secondary N) is 1. The third kappa shape index (κ3) is 3.09. The van der Waals surface area contributed by atoms with Crippen molar-refractivity contribution in [3.63, 3.8) is 0 Å². The fourth-order valence-corrected chi connectivity index (χ4v) is 3.05. The van der Waals surface area contributed by atoms with Gasteiger partial charge in [0.15, 0.2) is 5.82 Å². The third-order valence-electron chi connectivity index (χ3n) is 4.36. The van der Waals surface area contributed by atoms with Gasteiger partial charge in [0, 0.05) is 24.0 Å². The molecular formula is C20H18N4O2. The maximum atomic E-state index is 12.4. The van der Waals surface area contributed by atoms with Crippen molar-refractivity contribution >= 4 is 23.1 Å². The van der Waals surface area contributed by atoms with E-state index in [0.717, 1.165) is 24.5 Å². The van der Waals surface area contributed by atoms with Crippen molar-refractivity contribution in [3.8, 4) is 5.75 Å². The number of carbonyl (C=O) groups excluding carboxylic acids is 1. The van der Waals surface area contributed by atoms with E-state index in [1.807, 2.05) is 24.3 Å². The summed E-state index contributed by atoms with van der Waals surface area (Å²) in [5.41, 5.74) is 3.36. The summed E-state index contributed by atoms with van der Waals surface area (Å²) >= 11 is 0. The zero-order chi connectivity index (χ0) is 17.9. The highest BCUT2D eigenvalue weighted by Crippen LogP contribution is 2.32. The molecule has 0 atom stereocenters. The van der Waals surface area contributed by atoms with Gasteiger partial charge in [0.1, 0.15) is 11.4 Å². The number of methoxy groups -OCH3 is 1. The summed E-state index contributed by atoms with van der Waals surface area (Å²) in [6.07, 6.45) is 4.13. The molecule has 3 aromatic rings. The van der Waals surface area contributed by atoms with Gasteiger partial charge in [-0.3, -0.25) is 4.79 Å². The lowest BCUT2D eigenvalue weighted by molar-refractivity contribution is 0.102. The minimum absolute atomic E-state index is 0.268. The van der Waals surface area contributed by atoms with E-state index in [0.29, 0.717) is 11.4 Å². The molecule has 0 radical (unpaired) electrons. The maximum absolute atomic E-state index is 12.4. The van der Waals surface area contributed by atoms with Crippen molar-refractivity contribution in [1.29, 1.82) is 0 Å². The molecular weight excluding hydrogens is 328 g/mol. The number of amides is 1. The van der Waals surface area contributed by atoms with Crippen LogP contribution in [0.15, 0.2) is 60.9 Å². The first-order valence-corrected chi connectivity index (χ1v) is 8.37. The first-order chi connectivity index (χ1) is 12.7. The van der Waals surface area contributed by atoms with Crippen LogP contribution >= 0.6 is 0 Å². The topological polar surface area (TPSA) is 67.3 Å². The number of hydrogen-bond acceptors (Lipinski definition) is 5. The summed E-state index contributed by atoms with van der Waals surface area (Å²) < 4.78 is 5.16. The van der Waals surface area contributed by atoms with Crippen LogP contribution in [0.3, 0.4) is 0 Å². The highest BCUT2D eigenvalue weighted by Gasteiger charge is 2.21. The molecule has 0 spiro atoms. The lowest BCUT2D eigenvalue weighted by Crippen LogP contribution is -2.18. The molecule has 6 nitrogen and oxygen atoms in total. The molecule has 0 unspecified atom stereocenters. The minimum Gasteiger partial charge on any atom is -0.497 e. The summed E-state index contributed by atoms with van der Waals surface area (Å²) in [4.78, 5) is 23.2. The Balaban J connectivity index is 1.50. The van der Waals surface area contributed by atoms with Crippen LogP contribution in [-0.4, -0.2) is 29.5 Å². The van der Waals surface area contributed by atoms with Crippen molar-refractivity contribution in [1.82, 2.24) is 9.97 Å². The second-order valence-corrected chi connectivity index (χ2v) is 5.98. The summed E-state index contributed by atoms with van der Waals surface area (Å²) in [6.45, 7) is 0.864. The number of fused-ring (bicyclic) bond motifs is 1. The zero-order valence-electron chi connectivity index (χ0n) is 14.3. The predicted molar refractivity (Wildman–Crippen MR) is 100 cm³/mol. The van der Waals surface area contributed by atoms with E-state index in [4.69, 9.17) is 4.74 Å². The average Bonchev–Trinajstić information content (AvgIpc) is 3.12. The van der Waals surface area contributed by atoms with Crippen LogP contribution in [-0.2, 0) is 6.42 Å². The molecule has 130 valence electrons. The SMILES string of the molecule is COc1cccc(NC(=O)c2cnc(N3CCc4ccccc43)cn2)c1. The van der Waals surface area contributed by atoms with E-state index >= 15 is 0 Å².